The Kier molecular flexibility index (Phi) is 3.67. The van der Waals surface area contributed by atoms with E-state index in [-0.39, 0.29) is 0 Å². The van der Waals surface area contributed by atoms with Crippen molar-refractivity contribution in [2.75, 3.05) is 12.3 Å². The minimum Gasteiger partial charge on any atom is -0.483 e. The summed E-state index contributed by atoms with van der Waals surface area (Å²) in [5.74, 6) is 1.61. The second kappa shape index (κ2) is 5.50. The van der Waals surface area contributed by atoms with E-state index in [1.807, 2.05) is 43.1 Å². The fourth-order valence-corrected chi connectivity index (χ4v) is 3.52. The van der Waals surface area contributed by atoms with Gasteiger partial charge in [-0.1, -0.05) is 11.8 Å². The minimum atomic E-state index is -0.462. The molecule has 2 aliphatic heterocycles. The van der Waals surface area contributed by atoms with Gasteiger partial charge in [0, 0.05) is 23.4 Å². The number of thioether (sulfide) groups is 1. The lowest BCUT2D eigenvalue weighted by Gasteiger charge is -2.34. The number of hydrogen-bond acceptors (Lipinski definition) is 5. The Morgan fingerprint density at radius 3 is 3.05 bits per heavy atom. The van der Waals surface area contributed by atoms with Crippen LogP contribution in [-0.2, 0) is 0 Å². The molecule has 22 heavy (non-hydrogen) atoms. The van der Waals surface area contributed by atoms with Gasteiger partial charge in [0.1, 0.15) is 17.6 Å². The molecule has 0 radical (unpaired) electrons. The van der Waals surface area contributed by atoms with Crippen molar-refractivity contribution in [3.8, 4) is 11.9 Å². The number of rotatable bonds is 2. The highest BCUT2D eigenvalue weighted by Crippen LogP contribution is 2.40. The number of amidine groups is 1. The highest BCUT2D eigenvalue weighted by Gasteiger charge is 2.33. The Morgan fingerprint density at radius 1 is 1.50 bits per heavy atom. The van der Waals surface area contributed by atoms with Gasteiger partial charge in [-0.05, 0) is 38.1 Å². The van der Waals surface area contributed by atoms with Gasteiger partial charge in [-0.15, -0.1) is 4.99 Å². The summed E-state index contributed by atoms with van der Waals surface area (Å²) in [6.45, 7) is 4.74. The molecule has 0 aromatic heterocycles. The summed E-state index contributed by atoms with van der Waals surface area (Å²) in [4.78, 5) is 17.0. The first-order chi connectivity index (χ1) is 10.5. The van der Waals surface area contributed by atoms with E-state index in [1.165, 1.54) is 0 Å². The predicted molar refractivity (Wildman–Crippen MR) is 86.7 cm³/mol. The maximum atomic E-state index is 11.1. The average molecular weight is 313 g/mol. The summed E-state index contributed by atoms with van der Waals surface area (Å²) < 4.78 is 5.97. The molecule has 1 fully saturated rings. The molecule has 1 saturated heterocycles. The van der Waals surface area contributed by atoms with Crippen molar-refractivity contribution in [3.05, 3.63) is 35.4 Å². The Labute approximate surface area is 133 Å². The van der Waals surface area contributed by atoms with Crippen molar-refractivity contribution in [1.82, 2.24) is 4.90 Å². The maximum Gasteiger partial charge on any atom is 0.208 e. The van der Waals surface area contributed by atoms with Crippen LogP contribution in [0.5, 0.6) is 5.75 Å². The normalized spacial score (nSPS) is 20.9. The van der Waals surface area contributed by atoms with Gasteiger partial charge in [0.05, 0.1) is 5.70 Å². The number of benzene rings is 1. The number of fused-ring (bicyclic) bond motifs is 1. The summed E-state index contributed by atoms with van der Waals surface area (Å²) in [6, 6.07) is 5.38. The molecule has 0 bridgehead atoms. The van der Waals surface area contributed by atoms with Gasteiger partial charge in [-0.2, -0.15) is 5.26 Å². The largest absolute Gasteiger partial charge is 0.483 e. The molecule has 3 rings (SSSR count). The first-order valence-corrected chi connectivity index (χ1v) is 7.91. The lowest BCUT2D eigenvalue weighted by atomic mass is 9.97. The fraction of sp³-hybridized carbons (Fsp3) is 0.312. The highest BCUT2D eigenvalue weighted by molar-refractivity contribution is 8.14. The zero-order valence-electron chi connectivity index (χ0n) is 12.4. The number of aliphatic imine (C=N–C) groups is 1. The van der Waals surface area contributed by atoms with E-state index in [4.69, 9.17) is 10.00 Å². The van der Waals surface area contributed by atoms with Crippen molar-refractivity contribution >= 4 is 28.9 Å². The topological polar surface area (TPSA) is 65.7 Å². The van der Waals surface area contributed by atoms with Gasteiger partial charge >= 0.3 is 0 Å². The molecule has 2 heterocycles. The molecule has 1 aromatic rings. The number of nitrogens with zero attached hydrogens (tertiary/aromatic N) is 3. The van der Waals surface area contributed by atoms with Crippen LogP contribution in [0.1, 0.15) is 29.8 Å². The third-order valence-corrected chi connectivity index (χ3v) is 4.44. The maximum absolute atomic E-state index is 11.1. The minimum absolute atomic E-state index is 0.462. The van der Waals surface area contributed by atoms with E-state index >= 15 is 0 Å². The van der Waals surface area contributed by atoms with Gasteiger partial charge in [-0.3, -0.25) is 4.79 Å². The van der Waals surface area contributed by atoms with Crippen molar-refractivity contribution in [2.45, 2.75) is 19.4 Å². The summed E-state index contributed by atoms with van der Waals surface area (Å²) in [6.07, 6.45) is 4.69. The summed E-state index contributed by atoms with van der Waals surface area (Å²) >= 11 is 1.56. The number of carbonyl (C=O) groups excluding carboxylic acids is 1. The molecular formula is C16H15N3O2S. The quantitative estimate of drug-likeness (QED) is 0.620. The number of carbonyl (C=O) groups is 1. The first kappa shape index (κ1) is 14.7. The van der Waals surface area contributed by atoms with E-state index in [1.54, 1.807) is 17.8 Å². The molecule has 2 aliphatic rings. The molecule has 0 saturated carbocycles. The van der Waals surface area contributed by atoms with Crippen LogP contribution in [0, 0.1) is 11.5 Å². The number of nitriles is 1. The lowest BCUT2D eigenvalue weighted by molar-refractivity contribution is 0.112. The van der Waals surface area contributed by atoms with Crippen molar-refractivity contribution in [3.63, 3.8) is 0 Å². The van der Waals surface area contributed by atoms with E-state index in [2.05, 4.69) is 4.99 Å². The molecule has 0 unspecified atom stereocenters. The Morgan fingerprint density at radius 2 is 2.32 bits per heavy atom. The molecule has 6 heteroatoms. The molecule has 0 atom stereocenters. The highest BCUT2D eigenvalue weighted by atomic mass is 32.2. The molecule has 0 amide bonds. The SMILES string of the molecule is CC1(C)C=C(N2CCSC2=NC#N)c2cc(C=O)ccc2O1. The Balaban J connectivity index is 2.13. The molecular weight excluding hydrogens is 298 g/mol. The van der Waals surface area contributed by atoms with Crippen molar-refractivity contribution in [2.24, 2.45) is 4.99 Å². The zero-order chi connectivity index (χ0) is 15.7. The van der Waals surface area contributed by atoms with Crippen molar-refractivity contribution in [1.29, 1.82) is 5.26 Å². The van der Waals surface area contributed by atoms with E-state index < -0.39 is 5.60 Å². The van der Waals surface area contributed by atoms with Gasteiger partial charge in [0.15, 0.2) is 5.17 Å². The van der Waals surface area contributed by atoms with E-state index in [9.17, 15) is 4.79 Å². The average Bonchev–Trinajstić information content (AvgIpc) is 2.93. The lowest BCUT2D eigenvalue weighted by Crippen LogP contribution is -2.34. The predicted octanol–water partition coefficient (Wildman–Crippen LogP) is 2.90. The van der Waals surface area contributed by atoms with Gasteiger partial charge in [-0.25, -0.2) is 0 Å². The second-order valence-electron chi connectivity index (χ2n) is 5.60. The summed E-state index contributed by atoms with van der Waals surface area (Å²) in [5, 5.41) is 9.54. The van der Waals surface area contributed by atoms with Crippen LogP contribution in [0.2, 0.25) is 0 Å². The number of hydrogen-bond donors (Lipinski definition) is 0. The monoisotopic (exact) mass is 313 g/mol. The first-order valence-electron chi connectivity index (χ1n) is 6.93. The standard InChI is InChI=1S/C16H15N3O2S/c1-16(2)8-13(19-5-6-22-15(19)18-10-17)12-7-11(9-20)3-4-14(12)21-16/h3-4,7-9H,5-6H2,1-2H3. The van der Waals surface area contributed by atoms with Crippen LogP contribution in [0.25, 0.3) is 5.70 Å². The summed E-state index contributed by atoms with van der Waals surface area (Å²) in [5.41, 5.74) is 1.93. The fourth-order valence-electron chi connectivity index (χ4n) is 2.61. The van der Waals surface area contributed by atoms with Crippen molar-refractivity contribution < 1.29 is 9.53 Å². The van der Waals surface area contributed by atoms with Crippen LogP contribution in [0.3, 0.4) is 0 Å². The smallest absolute Gasteiger partial charge is 0.208 e. The third-order valence-electron chi connectivity index (χ3n) is 3.49. The molecule has 1 aromatic carbocycles. The van der Waals surface area contributed by atoms with Crippen LogP contribution in [-0.4, -0.2) is 34.3 Å². The number of ether oxygens (including phenoxy) is 1. The van der Waals surface area contributed by atoms with Gasteiger partial charge in [0.2, 0.25) is 6.19 Å². The third kappa shape index (κ3) is 2.60. The molecule has 0 spiro atoms. The van der Waals surface area contributed by atoms with Crippen LogP contribution in [0.4, 0.5) is 0 Å². The van der Waals surface area contributed by atoms with Crippen LogP contribution >= 0.6 is 11.8 Å². The van der Waals surface area contributed by atoms with Gasteiger partial charge < -0.3 is 9.64 Å². The molecule has 0 N–H and O–H groups in total. The van der Waals surface area contributed by atoms with E-state index in [0.717, 1.165) is 35.6 Å². The molecule has 5 nitrogen and oxygen atoms in total. The Hall–Kier alpha value is -2.26. The summed E-state index contributed by atoms with van der Waals surface area (Å²) in [7, 11) is 0. The van der Waals surface area contributed by atoms with Crippen LogP contribution < -0.4 is 4.74 Å². The van der Waals surface area contributed by atoms with Crippen LogP contribution in [0.15, 0.2) is 29.3 Å². The molecule has 0 aliphatic carbocycles. The Bertz CT molecular complexity index is 731. The zero-order valence-corrected chi connectivity index (χ0v) is 13.2. The number of aldehydes is 1. The van der Waals surface area contributed by atoms with E-state index in [0.29, 0.717) is 10.7 Å². The second-order valence-corrected chi connectivity index (χ2v) is 6.67. The van der Waals surface area contributed by atoms with Gasteiger partial charge in [0.25, 0.3) is 0 Å². The molecule has 112 valence electrons.